The zero-order chi connectivity index (χ0) is 26.8. The molecule has 1 aliphatic rings. The van der Waals surface area contributed by atoms with E-state index in [9.17, 15) is 13.6 Å². The minimum Gasteiger partial charge on any atom is -0.771 e. The lowest BCUT2D eigenvalue weighted by Gasteiger charge is -2.36. The first-order chi connectivity index (χ1) is 18.4. The number of anilines is 1. The van der Waals surface area contributed by atoms with Crippen LogP contribution in [0.15, 0.2) is 53.5 Å². The molecular formula is C26H27ClN7O3S-. The molecule has 3 aromatic heterocycles. The zero-order valence-electron chi connectivity index (χ0n) is 21.0. The standard InChI is InChI=1S/C26H28ClN7O3S/c1-16-4-3-5-22(31-16)17-6-7-19(21(27)13-17)20-12-18-14-30-26(28-2)32-24(18)34(25(20)35)15-23(38(36)37)33-10-8-29-9-11-33/h3-7,12-14,23,29H,8-11,15H2,1-2H3,(H,36,37)(H,28,30,32)/p-1. The Morgan fingerprint density at radius 2 is 1.95 bits per heavy atom. The van der Waals surface area contributed by atoms with Gasteiger partial charge in [0.1, 0.15) is 5.65 Å². The molecule has 0 amide bonds. The average molecular weight is 553 g/mol. The van der Waals surface area contributed by atoms with Crippen LogP contribution in [0.1, 0.15) is 5.69 Å². The summed E-state index contributed by atoms with van der Waals surface area (Å²) in [4.78, 5) is 29.2. The third kappa shape index (κ3) is 5.33. The number of hydrogen-bond donors (Lipinski definition) is 2. The molecule has 0 aliphatic carbocycles. The van der Waals surface area contributed by atoms with Crippen molar-refractivity contribution in [3.63, 3.8) is 0 Å². The average Bonchev–Trinajstić information content (AvgIpc) is 2.92. The van der Waals surface area contributed by atoms with E-state index in [4.69, 9.17) is 11.6 Å². The summed E-state index contributed by atoms with van der Waals surface area (Å²) in [7, 11) is 1.68. The summed E-state index contributed by atoms with van der Waals surface area (Å²) in [6.07, 6.45) is 1.61. The van der Waals surface area contributed by atoms with Crippen LogP contribution in [0.25, 0.3) is 33.4 Å². The lowest BCUT2D eigenvalue weighted by molar-refractivity contribution is 0.202. The lowest BCUT2D eigenvalue weighted by Crippen LogP contribution is -2.52. The lowest BCUT2D eigenvalue weighted by atomic mass is 10.0. The van der Waals surface area contributed by atoms with Crippen LogP contribution >= 0.6 is 11.6 Å². The highest BCUT2D eigenvalue weighted by Crippen LogP contribution is 2.32. The highest BCUT2D eigenvalue weighted by atomic mass is 35.5. The van der Waals surface area contributed by atoms with Crippen LogP contribution in [0.3, 0.4) is 0 Å². The molecule has 198 valence electrons. The van der Waals surface area contributed by atoms with Crippen LogP contribution in [-0.4, -0.2) is 71.8 Å². The predicted octanol–water partition coefficient (Wildman–Crippen LogP) is 2.63. The molecule has 38 heavy (non-hydrogen) atoms. The number of benzene rings is 1. The fourth-order valence-electron chi connectivity index (χ4n) is 4.66. The molecule has 2 unspecified atom stereocenters. The maximum Gasteiger partial charge on any atom is 0.260 e. The number of aromatic nitrogens is 4. The molecule has 2 atom stereocenters. The Morgan fingerprint density at radius 1 is 1.16 bits per heavy atom. The van der Waals surface area contributed by atoms with Crippen molar-refractivity contribution in [1.29, 1.82) is 0 Å². The fraction of sp³-hybridized carbons (Fsp3) is 0.308. The van der Waals surface area contributed by atoms with E-state index in [0.717, 1.165) is 17.0 Å². The maximum absolute atomic E-state index is 14.0. The molecule has 1 aromatic carbocycles. The van der Waals surface area contributed by atoms with Gasteiger partial charge < -0.3 is 15.2 Å². The molecule has 2 N–H and O–H groups in total. The Bertz CT molecular complexity index is 1570. The molecule has 4 aromatic rings. The Morgan fingerprint density at radius 3 is 2.63 bits per heavy atom. The van der Waals surface area contributed by atoms with Gasteiger partial charge in [0.15, 0.2) is 0 Å². The Balaban J connectivity index is 1.64. The number of rotatable bonds is 7. The minimum absolute atomic E-state index is 0.0810. The molecule has 1 aliphatic heterocycles. The first-order valence-electron chi connectivity index (χ1n) is 12.2. The van der Waals surface area contributed by atoms with E-state index in [1.807, 2.05) is 36.1 Å². The predicted molar refractivity (Wildman–Crippen MR) is 149 cm³/mol. The van der Waals surface area contributed by atoms with Gasteiger partial charge in [0.2, 0.25) is 5.95 Å². The van der Waals surface area contributed by atoms with E-state index in [1.165, 1.54) is 4.57 Å². The van der Waals surface area contributed by atoms with E-state index < -0.39 is 16.5 Å². The van der Waals surface area contributed by atoms with Crippen molar-refractivity contribution >= 4 is 39.7 Å². The van der Waals surface area contributed by atoms with E-state index in [1.54, 1.807) is 31.4 Å². The van der Waals surface area contributed by atoms with Gasteiger partial charge in [-0.15, -0.1) is 0 Å². The van der Waals surface area contributed by atoms with Gasteiger partial charge in [-0.3, -0.25) is 23.5 Å². The van der Waals surface area contributed by atoms with Gasteiger partial charge in [-0.25, -0.2) is 4.98 Å². The summed E-state index contributed by atoms with van der Waals surface area (Å²) in [5.74, 6) is 0.327. The number of nitrogens with one attached hydrogen (secondary N) is 2. The second-order valence-corrected chi connectivity index (χ2v) is 10.5. The molecule has 5 rings (SSSR count). The maximum atomic E-state index is 14.0. The monoisotopic (exact) mass is 552 g/mol. The summed E-state index contributed by atoms with van der Waals surface area (Å²) in [5, 5.41) is 6.18. The van der Waals surface area contributed by atoms with Crippen LogP contribution in [0.2, 0.25) is 5.02 Å². The highest BCUT2D eigenvalue weighted by molar-refractivity contribution is 7.79. The molecule has 1 saturated heterocycles. The molecule has 0 bridgehead atoms. The van der Waals surface area contributed by atoms with Crippen molar-refractivity contribution in [2.75, 3.05) is 38.5 Å². The van der Waals surface area contributed by atoms with Crippen LogP contribution in [-0.2, 0) is 17.6 Å². The highest BCUT2D eigenvalue weighted by Gasteiger charge is 2.25. The molecule has 10 nitrogen and oxygen atoms in total. The summed E-state index contributed by atoms with van der Waals surface area (Å²) >= 11 is 4.28. The third-order valence-electron chi connectivity index (χ3n) is 6.61. The number of halogens is 1. The number of nitrogens with zero attached hydrogens (tertiary/aromatic N) is 5. The second kappa shape index (κ2) is 11.3. The van der Waals surface area contributed by atoms with E-state index in [2.05, 4.69) is 25.6 Å². The van der Waals surface area contributed by atoms with Gasteiger partial charge in [-0.1, -0.05) is 29.8 Å². The molecule has 4 heterocycles. The first kappa shape index (κ1) is 26.4. The SMILES string of the molecule is CNc1ncc2cc(-c3ccc(-c4cccc(C)n4)cc3Cl)c(=O)n(CC(N3CCNCC3)S(=O)[O-])c2n1. The number of pyridine rings is 2. The summed E-state index contributed by atoms with van der Waals surface area (Å²) in [6, 6.07) is 12.9. The topological polar surface area (TPSA) is 128 Å². The Labute approximate surface area is 227 Å². The Hall–Kier alpha value is -3.22. The molecule has 1 fully saturated rings. The fourth-order valence-corrected chi connectivity index (χ4v) is 5.67. The zero-order valence-corrected chi connectivity index (χ0v) is 22.6. The van der Waals surface area contributed by atoms with Crippen molar-refractivity contribution in [3.05, 3.63) is 69.7 Å². The molecule has 0 saturated carbocycles. The smallest absolute Gasteiger partial charge is 0.260 e. The van der Waals surface area contributed by atoms with Crippen LogP contribution in [0.5, 0.6) is 0 Å². The third-order valence-corrected chi connectivity index (χ3v) is 7.82. The van der Waals surface area contributed by atoms with Gasteiger partial charge in [0.25, 0.3) is 5.56 Å². The van der Waals surface area contributed by atoms with Crippen LogP contribution in [0, 0.1) is 6.92 Å². The van der Waals surface area contributed by atoms with E-state index in [0.29, 0.717) is 59.3 Å². The number of aryl methyl sites for hydroxylation is 1. The van der Waals surface area contributed by atoms with Crippen LogP contribution in [0.4, 0.5) is 5.95 Å². The Kier molecular flexibility index (Phi) is 7.82. The van der Waals surface area contributed by atoms with Gasteiger partial charge in [-0.2, -0.15) is 4.98 Å². The first-order valence-corrected chi connectivity index (χ1v) is 13.7. The molecular weight excluding hydrogens is 526 g/mol. The number of fused-ring (bicyclic) bond motifs is 1. The van der Waals surface area contributed by atoms with Gasteiger partial charge in [0.05, 0.1) is 17.6 Å². The van der Waals surface area contributed by atoms with Crippen molar-refractivity contribution in [1.82, 2.24) is 29.7 Å². The van der Waals surface area contributed by atoms with Crippen LogP contribution < -0.4 is 16.2 Å². The van der Waals surface area contributed by atoms with Gasteiger partial charge in [0, 0.05) is 72.2 Å². The van der Waals surface area contributed by atoms with Gasteiger partial charge in [-0.05, 0) is 42.3 Å². The summed E-state index contributed by atoms with van der Waals surface area (Å²) in [6.45, 7) is 4.30. The summed E-state index contributed by atoms with van der Waals surface area (Å²) < 4.78 is 26.1. The molecule has 12 heteroatoms. The molecule has 0 spiro atoms. The largest absolute Gasteiger partial charge is 0.771 e. The number of hydrogen-bond acceptors (Lipinski definition) is 9. The second-order valence-electron chi connectivity index (χ2n) is 9.06. The quantitative estimate of drug-likeness (QED) is 0.332. The minimum atomic E-state index is -2.45. The van der Waals surface area contributed by atoms with Crippen molar-refractivity contribution in [2.24, 2.45) is 0 Å². The van der Waals surface area contributed by atoms with Crippen molar-refractivity contribution in [3.8, 4) is 22.4 Å². The van der Waals surface area contributed by atoms with E-state index in [-0.39, 0.29) is 12.1 Å². The van der Waals surface area contributed by atoms with E-state index >= 15 is 0 Å². The number of piperazine rings is 1. The van der Waals surface area contributed by atoms with Crippen molar-refractivity contribution < 1.29 is 8.76 Å². The van der Waals surface area contributed by atoms with Crippen molar-refractivity contribution in [2.45, 2.75) is 18.8 Å². The normalized spacial score (nSPS) is 15.9. The molecule has 0 radical (unpaired) electrons. The van der Waals surface area contributed by atoms with Gasteiger partial charge >= 0.3 is 0 Å². The summed E-state index contributed by atoms with van der Waals surface area (Å²) in [5.41, 5.74) is 3.32.